The standard InChI is InChI=1S/C26H27FN2O2/c27-20-10-7-17(8-11-20)5-6-18-9-12-23-22(15-18)25-21(24(16-30)28-23)13-14-29(25)26(31)19-3-1-2-4-19/h7-12,15,19,21,24-25,28,30H,1-4,13-14,16H2/t21-,24+,25-/m0/s1. The zero-order valence-electron chi connectivity index (χ0n) is 17.5. The molecule has 0 spiro atoms. The fourth-order valence-electron chi connectivity index (χ4n) is 5.47. The Bertz CT molecular complexity index is 1030. The first-order valence-corrected chi connectivity index (χ1v) is 11.2. The lowest BCUT2D eigenvalue weighted by Crippen LogP contribution is -2.44. The summed E-state index contributed by atoms with van der Waals surface area (Å²) in [4.78, 5) is 15.4. The molecule has 5 rings (SSSR count). The van der Waals surface area contributed by atoms with E-state index < -0.39 is 0 Å². The number of fused-ring (bicyclic) bond motifs is 3. The Morgan fingerprint density at radius 2 is 1.77 bits per heavy atom. The normalized spacial score (nSPS) is 24.7. The first-order chi connectivity index (χ1) is 15.1. The molecular formula is C26H27FN2O2. The van der Waals surface area contributed by atoms with Gasteiger partial charge in [0.15, 0.2) is 0 Å². The number of amides is 1. The minimum atomic E-state index is -0.275. The van der Waals surface area contributed by atoms with E-state index in [0.29, 0.717) is 0 Å². The van der Waals surface area contributed by atoms with E-state index >= 15 is 0 Å². The van der Waals surface area contributed by atoms with Crippen molar-refractivity contribution in [3.05, 3.63) is 65.0 Å². The Hall–Kier alpha value is -2.84. The maximum absolute atomic E-state index is 13.3. The molecule has 0 radical (unpaired) electrons. The van der Waals surface area contributed by atoms with Crippen LogP contribution < -0.4 is 5.32 Å². The molecule has 2 N–H and O–H groups in total. The second kappa shape index (κ2) is 8.36. The number of nitrogens with one attached hydrogen (secondary N) is 1. The lowest BCUT2D eigenvalue weighted by Gasteiger charge is -2.39. The first kappa shape index (κ1) is 20.1. The number of likely N-dealkylation sites (tertiary alicyclic amines) is 1. The van der Waals surface area contributed by atoms with Gasteiger partial charge in [-0.3, -0.25) is 4.79 Å². The topological polar surface area (TPSA) is 52.6 Å². The Balaban J connectivity index is 1.48. The molecule has 0 unspecified atom stereocenters. The molecule has 1 saturated heterocycles. The number of carbonyl (C=O) groups is 1. The summed E-state index contributed by atoms with van der Waals surface area (Å²) in [5.41, 5.74) is 3.68. The van der Waals surface area contributed by atoms with Crippen molar-refractivity contribution >= 4 is 11.6 Å². The number of hydrogen-bond donors (Lipinski definition) is 2. The molecule has 2 aromatic carbocycles. The maximum atomic E-state index is 13.3. The number of aliphatic hydroxyl groups is 1. The minimum absolute atomic E-state index is 0.0194. The molecule has 2 fully saturated rings. The average molecular weight is 419 g/mol. The van der Waals surface area contributed by atoms with Gasteiger partial charge in [0.25, 0.3) is 0 Å². The largest absolute Gasteiger partial charge is 0.394 e. The van der Waals surface area contributed by atoms with Crippen LogP contribution in [0.4, 0.5) is 10.1 Å². The highest BCUT2D eigenvalue weighted by Gasteiger charge is 2.46. The lowest BCUT2D eigenvalue weighted by atomic mass is 9.82. The van der Waals surface area contributed by atoms with Gasteiger partial charge in [0.05, 0.1) is 18.7 Å². The summed E-state index contributed by atoms with van der Waals surface area (Å²) in [7, 11) is 0. The maximum Gasteiger partial charge on any atom is 0.226 e. The van der Waals surface area contributed by atoms with Crippen LogP contribution in [0.15, 0.2) is 42.5 Å². The number of carbonyl (C=O) groups excluding carboxylic acids is 1. The van der Waals surface area contributed by atoms with Crippen molar-refractivity contribution in [1.82, 2.24) is 4.90 Å². The van der Waals surface area contributed by atoms with Gasteiger partial charge in [0, 0.05) is 35.2 Å². The molecule has 3 atom stereocenters. The Labute approximate surface area is 182 Å². The number of anilines is 1. The van der Waals surface area contributed by atoms with Crippen molar-refractivity contribution < 1.29 is 14.3 Å². The highest BCUT2D eigenvalue weighted by Crippen LogP contribution is 2.47. The number of halogens is 1. The van der Waals surface area contributed by atoms with Gasteiger partial charge < -0.3 is 15.3 Å². The van der Waals surface area contributed by atoms with Crippen LogP contribution in [0.3, 0.4) is 0 Å². The monoisotopic (exact) mass is 418 g/mol. The Morgan fingerprint density at radius 1 is 1.06 bits per heavy atom. The fraction of sp³-hybridized carbons (Fsp3) is 0.423. The quantitative estimate of drug-likeness (QED) is 0.723. The molecule has 3 aliphatic rings. The van der Waals surface area contributed by atoms with Gasteiger partial charge in [-0.15, -0.1) is 0 Å². The van der Waals surface area contributed by atoms with Crippen LogP contribution >= 0.6 is 0 Å². The molecule has 1 aliphatic carbocycles. The Morgan fingerprint density at radius 3 is 2.52 bits per heavy atom. The summed E-state index contributed by atoms with van der Waals surface area (Å²) in [6, 6.07) is 12.1. The highest BCUT2D eigenvalue weighted by molar-refractivity contribution is 5.80. The molecule has 5 heteroatoms. The van der Waals surface area contributed by atoms with Gasteiger partial charge in [-0.05, 0) is 67.3 Å². The molecule has 2 aliphatic heterocycles. The third-order valence-corrected chi connectivity index (χ3v) is 7.05. The molecule has 1 saturated carbocycles. The number of hydrogen-bond acceptors (Lipinski definition) is 3. The van der Waals surface area contributed by atoms with E-state index in [1.165, 1.54) is 12.1 Å². The molecule has 0 bridgehead atoms. The lowest BCUT2D eigenvalue weighted by molar-refractivity contribution is -0.136. The highest BCUT2D eigenvalue weighted by atomic mass is 19.1. The zero-order chi connectivity index (χ0) is 21.4. The van der Waals surface area contributed by atoms with Crippen molar-refractivity contribution in [3.8, 4) is 11.8 Å². The van der Waals surface area contributed by atoms with Gasteiger partial charge in [-0.25, -0.2) is 4.39 Å². The summed E-state index contributed by atoms with van der Waals surface area (Å²) in [5, 5.41) is 13.4. The van der Waals surface area contributed by atoms with Crippen molar-refractivity contribution in [2.45, 2.75) is 44.2 Å². The Kier molecular flexibility index (Phi) is 5.41. The van der Waals surface area contributed by atoms with Crippen LogP contribution in [0.2, 0.25) is 0 Å². The van der Waals surface area contributed by atoms with Gasteiger partial charge in [0.2, 0.25) is 5.91 Å². The predicted octanol–water partition coefficient (Wildman–Crippen LogP) is 4.09. The van der Waals surface area contributed by atoms with Gasteiger partial charge >= 0.3 is 0 Å². The minimum Gasteiger partial charge on any atom is -0.394 e. The van der Waals surface area contributed by atoms with E-state index in [1.807, 2.05) is 12.1 Å². The second-order valence-corrected chi connectivity index (χ2v) is 8.90. The van der Waals surface area contributed by atoms with E-state index in [1.54, 1.807) is 12.1 Å². The first-order valence-electron chi connectivity index (χ1n) is 11.2. The van der Waals surface area contributed by atoms with Crippen LogP contribution in [0.25, 0.3) is 0 Å². The summed E-state index contributed by atoms with van der Waals surface area (Å²) < 4.78 is 13.1. The molecule has 2 aromatic rings. The van der Waals surface area contributed by atoms with Crippen molar-refractivity contribution in [1.29, 1.82) is 0 Å². The molecule has 0 aromatic heterocycles. The zero-order valence-corrected chi connectivity index (χ0v) is 17.5. The number of benzene rings is 2. The molecule has 4 nitrogen and oxygen atoms in total. The predicted molar refractivity (Wildman–Crippen MR) is 118 cm³/mol. The molecule has 2 heterocycles. The summed E-state index contributed by atoms with van der Waals surface area (Å²) in [5.74, 6) is 6.62. The van der Waals surface area contributed by atoms with E-state index in [9.17, 15) is 14.3 Å². The van der Waals surface area contributed by atoms with Crippen LogP contribution in [-0.4, -0.2) is 35.1 Å². The smallest absolute Gasteiger partial charge is 0.226 e. The van der Waals surface area contributed by atoms with Crippen LogP contribution in [0.1, 0.15) is 54.8 Å². The second-order valence-electron chi connectivity index (χ2n) is 8.90. The SMILES string of the molecule is O=C(C1CCCC1)N1CC[C@@H]2[C@H]1c1cc(C#Cc3ccc(F)cc3)ccc1N[C@@H]2CO. The van der Waals surface area contributed by atoms with E-state index in [-0.39, 0.29) is 42.3 Å². The van der Waals surface area contributed by atoms with Gasteiger partial charge in [-0.2, -0.15) is 0 Å². The van der Waals surface area contributed by atoms with E-state index in [0.717, 1.165) is 61.0 Å². The van der Waals surface area contributed by atoms with E-state index in [2.05, 4.69) is 28.1 Å². The fourth-order valence-corrected chi connectivity index (χ4v) is 5.47. The third-order valence-electron chi connectivity index (χ3n) is 7.05. The van der Waals surface area contributed by atoms with Gasteiger partial charge in [0.1, 0.15) is 5.82 Å². The van der Waals surface area contributed by atoms with Crippen LogP contribution in [-0.2, 0) is 4.79 Å². The number of nitrogens with zero attached hydrogens (tertiary/aromatic N) is 1. The number of rotatable bonds is 2. The van der Waals surface area contributed by atoms with Crippen LogP contribution in [0.5, 0.6) is 0 Å². The summed E-state index contributed by atoms with van der Waals surface area (Å²) >= 11 is 0. The molecular weight excluding hydrogens is 391 g/mol. The van der Waals surface area contributed by atoms with E-state index in [4.69, 9.17) is 0 Å². The summed E-state index contributed by atoms with van der Waals surface area (Å²) in [6.45, 7) is 0.798. The van der Waals surface area contributed by atoms with Crippen molar-refractivity contribution in [3.63, 3.8) is 0 Å². The molecule has 1 amide bonds. The average Bonchev–Trinajstić information content (AvgIpc) is 3.48. The van der Waals surface area contributed by atoms with Gasteiger partial charge in [-0.1, -0.05) is 24.7 Å². The van der Waals surface area contributed by atoms with Crippen molar-refractivity contribution in [2.24, 2.45) is 11.8 Å². The third kappa shape index (κ3) is 3.81. The van der Waals surface area contributed by atoms with Crippen LogP contribution in [0, 0.1) is 29.5 Å². The molecule has 160 valence electrons. The van der Waals surface area contributed by atoms with Crippen molar-refractivity contribution in [2.75, 3.05) is 18.5 Å². The molecule has 31 heavy (non-hydrogen) atoms. The number of aliphatic hydroxyl groups excluding tert-OH is 1. The summed E-state index contributed by atoms with van der Waals surface area (Å²) in [6.07, 6.45) is 5.15.